The molecule has 0 aliphatic carbocycles. The van der Waals surface area contributed by atoms with Crippen LogP contribution in [0, 0.1) is 10.1 Å². The van der Waals surface area contributed by atoms with E-state index in [4.69, 9.17) is 0 Å². The zero-order chi connectivity index (χ0) is 13.9. The van der Waals surface area contributed by atoms with E-state index in [-0.39, 0.29) is 15.9 Å². The summed E-state index contributed by atoms with van der Waals surface area (Å²) in [6, 6.07) is 1.22. The lowest BCUT2D eigenvalue weighted by atomic mass is 10.2. The molecule has 0 aliphatic rings. The lowest BCUT2D eigenvalue weighted by Crippen LogP contribution is -2.16. The molecule has 0 aliphatic heterocycles. The zero-order valence-corrected chi connectivity index (χ0v) is 12.1. The Morgan fingerprint density at radius 3 is 2.39 bits per heavy atom. The second kappa shape index (κ2) is 5.66. The van der Waals surface area contributed by atoms with Gasteiger partial charge in [0.15, 0.2) is 14.8 Å². The van der Waals surface area contributed by atoms with Gasteiger partial charge in [-0.3, -0.25) is 10.1 Å². The molecule has 18 heavy (non-hydrogen) atoms. The number of hydrogen-bond donors (Lipinski definition) is 1. The molecule has 0 saturated carbocycles. The number of nitrogens with zero attached hydrogens (tertiary/aromatic N) is 1. The topological polar surface area (TPSA) is 89.3 Å². The molecule has 0 spiro atoms. The van der Waals surface area contributed by atoms with Crippen molar-refractivity contribution in [1.29, 1.82) is 0 Å². The molecule has 1 aromatic rings. The van der Waals surface area contributed by atoms with E-state index in [1.54, 1.807) is 0 Å². The SMILES string of the molecule is CCC(CC)Nc1sc(S(C)(=O)=O)cc1[N+](=O)[O-]. The van der Waals surface area contributed by atoms with Gasteiger partial charge in [0.2, 0.25) is 0 Å². The van der Waals surface area contributed by atoms with Gasteiger partial charge in [-0.1, -0.05) is 25.2 Å². The molecule has 1 rings (SSSR count). The van der Waals surface area contributed by atoms with E-state index in [9.17, 15) is 18.5 Å². The van der Waals surface area contributed by atoms with Crippen molar-refractivity contribution < 1.29 is 13.3 Å². The van der Waals surface area contributed by atoms with Crippen molar-refractivity contribution in [1.82, 2.24) is 0 Å². The average Bonchev–Trinajstić information content (AvgIpc) is 2.69. The maximum absolute atomic E-state index is 11.4. The Balaban J connectivity index is 3.17. The monoisotopic (exact) mass is 292 g/mol. The van der Waals surface area contributed by atoms with Gasteiger partial charge in [-0.05, 0) is 12.8 Å². The molecule has 0 radical (unpaired) electrons. The predicted molar refractivity (Wildman–Crippen MR) is 72.1 cm³/mol. The van der Waals surface area contributed by atoms with Crippen LogP contribution in [0.1, 0.15) is 26.7 Å². The van der Waals surface area contributed by atoms with Gasteiger partial charge >= 0.3 is 5.69 Å². The molecular weight excluding hydrogens is 276 g/mol. The predicted octanol–water partition coefficient (Wildman–Crippen LogP) is 2.66. The second-order valence-electron chi connectivity index (χ2n) is 3.97. The lowest BCUT2D eigenvalue weighted by Gasteiger charge is -2.13. The number of rotatable bonds is 6. The van der Waals surface area contributed by atoms with E-state index in [1.807, 2.05) is 13.8 Å². The largest absolute Gasteiger partial charge is 0.369 e. The third-order valence-electron chi connectivity index (χ3n) is 2.57. The van der Waals surface area contributed by atoms with Crippen LogP contribution in [0.4, 0.5) is 10.7 Å². The molecule has 1 N–H and O–H groups in total. The van der Waals surface area contributed by atoms with Gasteiger partial charge in [0.1, 0.15) is 4.21 Å². The number of sulfone groups is 1. The minimum Gasteiger partial charge on any atom is -0.369 e. The van der Waals surface area contributed by atoms with Gasteiger partial charge in [0.05, 0.1) is 4.92 Å². The number of hydrogen-bond acceptors (Lipinski definition) is 6. The van der Waals surface area contributed by atoms with E-state index >= 15 is 0 Å². The quantitative estimate of drug-likeness (QED) is 0.643. The summed E-state index contributed by atoms with van der Waals surface area (Å²) in [5.41, 5.74) is -0.174. The van der Waals surface area contributed by atoms with Crippen LogP contribution in [0.2, 0.25) is 0 Å². The van der Waals surface area contributed by atoms with Crippen LogP contribution >= 0.6 is 11.3 Å². The highest BCUT2D eigenvalue weighted by atomic mass is 32.2. The van der Waals surface area contributed by atoms with Crippen molar-refractivity contribution in [2.45, 2.75) is 36.9 Å². The van der Waals surface area contributed by atoms with Gasteiger partial charge in [0, 0.05) is 18.4 Å². The summed E-state index contributed by atoms with van der Waals surface area (Å²) < 4.78 is 22.8. The van der Waals surface area contributed by atoms with E-state index < -0.39 is 14.8 Å². The summed E-state index contributed by atoms with van der Waals surface area (Å²) in [7, 11) is -3.41. The van der Waals surface area contributed by atoms with E-state index in [0.717, 1.165) is 36.5 Å². The number of thiophene rings is 1. The number of anilines is 1. The van der Waals surface area contributed by atoms with E-state index in [0.29, 0.717) is 5.00 Å². The van der Waals surface area contributed by atoms with Crippen molar-refractivity contribution in [2.24, 2.45) is 0 Å². The van der Waals surface area contributed by atoms with Gasteiger partial charge in [-0.2, -0.15) is 0 Å². The third kappa shape index (κ3) is 3.42. The van der Waals surface area contributed by atoms with Crippen molar-refractivity contribution in [3.8, 4) is 0 Å². The normalized spacial score (nSPS) is 11.8. The summed E-state index contributed by atoms with van der Waals surface area (Å²) in [6.45, 7) is 3.94. The molecule has 1 aromatic heterocycles. The smallest absolute Gasteiger partial charge is 0.304 e. The Morgan fingerprint density at radius 1 is 1.44 bits per heavy atom. The molecule has 102 valence electrons. The summed E-state index contributed by atoms with van der Waals surface area (Å²) in [4.78, 5) is 10.3. The van der Waals surface area contributed by atoms with Crippen LogP contribution in [0.5, 0.6) is 0 Å². The third-order valence-corrected chi connectivity index (χ3v) is 5.43. The average molecular weight is 292 g/mol. The molecule has 0 atom stereocenters. The second-order valence-corrected chi connectivity index (χ2v) is 7.26. The summed E-state index contributed by atoms with van der Waals surface area (Å²) in [6.07, 6.45) is 2.68. The first-order valence-electron chi connectivity index (χ1n) is 5.54. The molecule has 0 fully saturated rings. The van der Waals surface area contributed by atoms with Crippen molar-refractivity contribution in [2.75, 3.05) is 11.6 Å². The Morgan fingerprint density at radius 2 is 2.00 bits per heavy atom. The molecule has 1 heterocycles. The summed E-state index contributed by atoms with van der Waals surface area (Å²) >= 11 is 0.913. The van der Waals surface area contributed by atoms with Gasteiger partial charge in [-0.15, -0.1) is 0 Å². The zero-order valence-electron chi connectivity index (χ0n) is 10.5. The molecule has 0 saturated heterocycles. The van der Waals surface area contributed by atoms with Crippen molar-refractivity contribution >= 4 is 31.9 Å². The van der Waals surface area contributed by atoms with Crippen molar-refractivity contribution in [3.05, 3.63) is 16.2 Å². The highest BCUT2D eigenvalue weighted by molar-refractivity contribution is 7.92. The van der Waals surface area contributed by atoms with Crippen LogP contribution in [0.3, 0.4) is 0 Å². The molecule has 0 bridgehead atoms. The molecule has 0 unspecified atom stereocenters. The summed E-state index contributed by atoms with van der Waals surface area (Å²) in [5.74, 6) is 0. The molecule has 0 amide bonds. The Labute approximate surface area is 110 Å². The van der Waals surface area contributed by atoms with Gasteiger partial charge < -0.3 is 5.32 Å². The first-order valence-corrected chi connectivity index (χ1v) is 8.25. The fraction of sp³-hybridized carbons (Fsp3) is 0.600. The molecule has 6 nitrogen and oxygen atoms in total. The van der Waals surface area contributed by atoms with Crippen molar-refractivity contribution in [3.63, 3.8) is 0 Å². The Kier molecular flexibility index (Phi) is 4.69. The Hall–Kier alpha value is -1.15. The minimum absolute atomic E-state index is 0.0163. The van der Waals surface area contributed by atoms with Crippen LogP contribution in [0.15, 0.2) is 10.3 Å². The van der Waals surface area contributed by atoms with E-state index in [2.05, 4.69) is 5.32 Å². The maximum atomic E-state index is 11.4. The number of nitro groups is 1. The maximum Gasteiger partial charge on any atom is 0.304 e. The highest BCUT2D eigenvalue weighted by Gasteiger charge is 2.24. The van der Waals surface area contributed by atoms with Gasteiger partial charge in [-0.25, -0.2) is 8.42 Å². The van der Waals surface area contributed by atoms with Crippen LogP contribution < -0.4 is 5.32 Å². The fourth-order valence-electron chi connectivity index (χ4n) is 1.46. The first kappa shape index (κ1) is 14.9. The Bertz CT molecular complexity index is 532. The molecular formula is C10H16N2O4S2. The molecule has 0 aromatic carbocycles. The minimum atomic E-state index is -3.41. The van der Waals surface area contributed by atoms with Crippen LogP contribution in [-0.4, -0.2) is 25.6 Å². The van der Waals surface area contributed by atoms with E-state index in [1.165, 1.54) is 0 Å². The fourth-order valence-corrected chi connectivity index (χ4v) is 3.48. The highest BCUT2D eigenvalue weighted by Crippen LogP contribution is 2.37. The molecule has 8 heteroatoms. The lowest BCUT2D eigenvalue weighted by molar-refractivity contribution is -0.383. The van der Waals surface area contributed by atoms with Crippen LogP contribution in [0.25, 0.3) is 0 Å². The number of nitrogens with one attached hydrogen (secondary N) is 1. The standard InChI is InChI=1S/C10H16N2O4S2/c1-4-7(5-2)11-10-8(12(13)14)6-9(17-10)18(3,15)16/h6-7,11H,4-5H2,1-3H3. The summed E-state index contributed by atoms with van der Waals surface area (Å²) in [5, 5.41) is 14.2. The van der Waals surface area contributed by atoms with Gasteiger partial charge in [0.25, 0.3) is 0 Å². The first-order chi connectivity index (χ1) is 8.29. The van der Waals surface area contributed by atoms with Crippen LogP contribution in [-0.2, 0) is 9.84 Å².